The lowest BCUT2D eigenvalue weighted by molar-refractivity contribution is -0.147. The number of nitrogens with zero attached hydrogens (tertiary/aromatic N) is 2. The lowest BCUT2D eigenvalue weighted by atomic mass is 10.0. The van der Waals surface area contributed by atoms with E-state index in [9.17, 15) is 13.2 Å². The van der Waals surface area contributed by atoms with Crippen LogP contribution in [0, 0.1) is 6.92 Å². The molecule has 7 heteroatoms. The number of fused-ring (bicyclic) bond motifs is 1. The van der Waals surface area contributed by atoms with Crippen LogP contribution in [0.2, 0.25) is 0 Å². The first kappa shape index (κ1) is 17.8. The zero-order chi connectivity index (χ0) is 18.0. The number of ether oxygens (including phenoxy) is 1. The Hall–Kier alpha value is -2.02. The summed E-state index contributed by atoms with van der Waals surface area (Å²) in [5.74, 6) is 0.709. The Morgan fingerprint density at radius 3 is 2.64 bits per heavy atom. The number of halogens is 3. The Labute approximate surface area is 145 Å². The number of anilines is 1. The van der Waals surface area contributed by atoms with Gasteiger partial charge in [0.25, 0.3) is 0 Å². The van der Waals surface area contributed by atoms with E-state index in [1.807, 2.05) is 25.1 Å². The minimum atomic E-state index is -4.13. The maximum Gasteiger partial charge on any atom is 0.401 e. The zero-order valence-corrected chi connectivity index (χ0v) is 14.4. The van der Waals surface area contributed by atoms with Crippen LogP contribution in [0.4, 0.5) is 18.9 Å². The SMILES string of the molecule is COc1cccc2c(NC3CCN(CC(F)(F)F)CC3)c(C)cnc12. The number of aryl methyl sites for hydroxylation is 1. The summed E-state index contributed by atoms with van der Waals surface area (Å²) < 4.78 is 42.9. The average molecular weight is 353 g/mol. The molecule has 2 aromatic rings. The molecular formula is C18H22F3N3O. The number of benzene rings is 1. The monoisotopic (exact) mass is 353 g/mol. The van der Waals surface area contributed by atoms with Crippen molar-refractivity contribution < 1.29 is 17.9 Å². The molecule has 0 bridgehead atoms. The third-order valence-electron chi connectivity index (χ3n) is 4.61. The molecule has 0 unspecified atom stereocenters. The summed E-state index contributed by atoms with van der Waals surface area (Å²) in [6, 6.07) is 5.92. The minimum Gasteiger partial charge on any atom is -0.494 e. The molecule has 0 spiro atoms. The predicted molar refractivity (Wildman–Crippen MR) is 92.2 cm³/mol. The maximum atomic E-state index is 12.5. The van der Waals surface area contributed by atoms with Gasteiger partial charge in [-0.2, -0.15) is 13.2 Å². The third kappa shape index (κ3) is 4.15. The molecule has 1 aliphatic rings. The Balaban J connectivity index is 1.75. The third-order valence-corrected chi connectivity index (χ3v) is 4.61. The first-order valence-electron chi connectivity index (χ1n) is 8.35. The van der Waals surface area contributed by atoms with Crippen LogP contribution in [0.1, 0.15) is 18.4 Å². The van der Waals surface area contributed by atoms with E-state index in [4.69, 9.17) is 4.74 Å². The van der Waals surface area contributed by atoms with E-state index in [2.05, 4.69) is 10.3 Å². The summed E-state index contributed by atoms with van der Waals surface area (Å²) in [5.41, 5.74) is 2.78. The number of methoxy groups -OCH3 is 1. The molecule has 1 N–H and O–H groups in total. The molecule has 4 nitrogen and oxygen atoms in total. The number of likely N-dealkylation sites (tertiary alicyclic amines) is 1. The van der Waals surface area contributed by atoms with Gasteiger partial charge < -0.3 is 10.1 Å². The molecule has 0 aliphatic carbocycles. The topological polar surface area (TPSA) is 37.4 Å². The zero-order valence-electron chi connectivity index (χ0n) is 14.4. The number of hydrogen-bond acceptors (Lipinski definition) is 4. The van der Waals surface area contributed by atoms with Crippen molar-refractivity contribution in [1.82, 2.24) is 9.88 Å². The molecule has 25 heavy (non-hydrogen) atoms. The van der Waals surface area contributed by atoms with Crippen LogP contribution >= 0.6 is 0 Å². The number of rotatable bonds is 4. The van der Waals surface area contributed by atoms with Gasteiger partial charge in [-0.15, -0.1) is 0 Å². The van der Waals surface area contributed by atoms with Crippen molar-refractivity contribution in [2.75, 3.05) is 32.1 Å². The number of piperidine rings is 1. The second-order valence-corrected chi connectivity index (χ2v) is 6.48. The summed E-state index contributed by atoms with van der Waals surface area (Å²) in [5, 5.41) is 4.49. The Bertz CT molecular complexity index is 740. The van der Waals surface area contributed by atoms with Crippen LogP contribution < -0.4 is 10.1 Å². The molecule has 1 aromatic heterocycles. The molecule has 0 atom stereocenters. The fourth-order valence-electron chi connectivity index (χ4n) is 3.34. The Morgan fingerprint density at radius 1 is 1.28 bits per heavy atom. The molecule has 0 radical (unpaired) electrons. The van der Waals surface area contributed by atoms with Crippen molar-refractivity contribution in [3.8, 4) is 5.75 Å². The molecule has 1 aromatic carbocycles. The molecule has 2 heterocycles. The molecule has 136 valence electrons. The fourth-order valence-corrected chi connectivity index (χ4v) is 3.34. The Kier molecular flexibility index (Phi) is 5.03. The first-order valence-corrected chi connectivity index (χ1v) is 8.35. The van der Waals surface area contributed by atoms with Gasteiger partial charge in [0, 0.05) is 36.4 Å². The molecule has 0 amide bonds. The molecule has 0 saturated carbocycles. The van der Waals surface area contributed by atoms with E-state index in [-0.39, 0.29) is 6.04 Å². The highest BCUT2D eigenvalue weighted by Crippen LogP contribution is 2.32. The second kappa shape index (κ2) is 7.07. The van der Waals surface area contributed by atoms with Crippen LogP contribution in [0.3, 0.4) is 0 Å². The molecule has 1 saturated heterocycles. The number of para-hydroxylation sites is 1. The van der Waals surface area contributed by atoms with E-state index >= 15 is 0 Å². The number of hydrogen-bond donors (Lipinski definition) is 1. The molecule has 3 rings (SSSR count). The summed E-state index contributed by atoms with van der Waals surface area (Å²) in [6.45, 7) is 2.05. The van der Waals surface area contributed by atoms with E-state index in [0.717, 1.165) is 22.2 Å². The van der Waals surface area contributed by atoms with E-state index in [1.165, 1.54) is 4.90 Å². The first-order chi connectivity index (χ1) is 11.9. The lowest BCUT2D eigenvalue weighted by Crippen LogP contribution is -2.43. The number of nitrogens with one attached hydrogen (secondary N) is 1. The van der Waals surface area contributed by atoms with Crippen LogP contribution in [-0.2, 0) is 0 Å². The van der Waals surface area contributed by atoms with E-state index < -0.39 is 12.7 Å². The summed E-state index contributed by atoms with van der Waals surface area (Å²) >= 11 is 0. The predicted octanol–water partition coefficient (Wildman–Crippen LogP) is 3.99. The highest BCUT2D eigenvalue weighted by Gasteiger charge is 2.32. The van der Waals surface area contributed by atoms with Gasteiger partial charge in [0.1, 0.15) is 11.3 Å². The van der Waals surface area contributed by atoms with Crippen LogP contribution in [0.15, 0.2) is 24.4 Å². The highest BCUT2D eigenvalue weighted by molar-refractivity contribution is 5.96. The van der Waals surface area contributed by atoms with Gasteiger partial charge in [-0.1, -0.05) is 12.1 Å². The highest BCUT2D eigenvalue weighted by atomic mass is 19.4. The maximum absolute atomic E-state index is 12.5. The van der Waals surface area contributed by atoms with E-state index in [0.29, 0.717) is 31.7 Å². The van der Waals surface area contributed by atoms with Gasteiger partial charge in [-0.25, -0.2) is 0 Å². The van der Waals surface area contributed by atoms with E-state index in [1.54, 1.807) is 13.3 Å². The van der Waals surface area contributed by atoms with Crippen molar-refractivity contribution in [2.24, 2.45) is 0 Å². The van der Waals surface area contributed by atoms with Gasteiger partial charge in [0.15, 0.2) is 0 Å². The van der Waals surface area contributed by atoms with Gasteiger partial charge in [0.2, 0.25) is 0 Å². The summed E-state index contributed by atoms with van der Waals surface area (Å²) in [7, 11) is 1.61. The van der Waals surface area contributed by atoms with Crippen molar-refractivity contribution in [1.29, 1.82) is 0 Å². The summed E-state index contributed by atoms with van der Waals surface area (Å²) in [6.07, 6.45) is -0.965. The van der Waals surface area contributed by atoms with Crippen molar-refractivity contribution in [3.63, 3.8) is 0 Å². The van der Waals surface area contributed by atoms with Gasteiger partial charge in [-0.3, -0.25) is 9.88 Å². The Morgan fingerprint density at radius 2 is 2.00 bits per heavy atom. The smallest absolute Gasteiger partial charge is 0.401 e. The van der Waals surface area contributed by atoms with Crippen molar-refractivity contribution >= 4 is 16.6 Å². The van der Waals surface area contributed by atoms with Crippen molar-refractivity contribution in [2.45, 2.75) is 32.0 Å². The second-order valence-electron chi connectivity index (χ2n) is 6.48. The van der Waals surface area contributed by atoms with Gasteiger partial charge >= 0.3 is 6.18 Å². The normalized spacial score (nSPS) is 17.0. The molecular weight excluding hydrogens is 331 g/mol. The number of alkyl halides is 3. The number of aromatic nitrogens is 1. The standard InChI is InChI=1S/C18H22F3N3O/c1-12-10-22-17-14(4-3-5-15(17)25-2)16(12)23-13-6-8-24(9-7-13)11-18(19,20)21/h3-5,10,13H,6-9,11H2,1-2H3,(H,22,23). The average Bonchev–Trinajstić information content (AvgIpc) is 2.57. The minimum absolute atomic E-state index is 0.153. The number of pyridine rings is 1. The largest absolute Gasteiger partial charge is 0.494 e. The molecule has 1 fully saturated rings. The van der Waals surface area contributed by atoms with Crippen LogP contribution in [0.25, 0.3) is 10.9 Å². The van der Waals surface area contributed by atoms with Gasteiger partial charge in [0.05, 0.1) is 13.7 Å². The van der Waals surface area contributed by atoms with Gasteiger partial charge in [-0.05, 0) is 31.4 Å². The quantitative estimate of drug-likeness (QED) is 0.902. The van der Waals surface area contributed by atoms with Crippen LogP contribution in [-0.4, -0.2) is 48.8 Å². The fraction of sp³-hybridized carbons (Fsp3) is 0.500. The van der Waals surface area contributed by atoms with Crippen LogP contribution in [0.5, 0.6) is 5.75 Å². The summed E-state index contributed by atoms with van der Waals surface area (Å²) in [4.78, 5) is 5.93. The lowest BCUT2D eigenvalue weighted by Gasteiger charge is -2.33. The van der Waals surface area contributed by atoms with Crippen molar-refractivity contribution in [3.05, 3.63) is 30.0 Å². The molecule has 1 aliphatic heterocycles.